The van der Waals surface area contributed by atoms with Gasteiger partial charge in [0.1, 0.15) is 6.61 Å². The first kappa shape index (κ1) is 24.3. The first-order chi connectivity index (χ1) is 13.8. The van der Waals surface area contributed by atoms with Crippen molar-refractivity contribution in [3.05, 3.63) is 42.2 Å². The monoisotopic (exact) mass is 391 g/mol. The summed E-state index contributed by atoms with van der Waals surface area (Å²) < 4.78 is 17.2. The Hall–Kier alpha value is -1.71. The maximum absolute atomic E-state index is 11.9. The zero-order chi connectivity index (χ0) is 20.1. The van der Waals surface area contributed by atoms with E-state index in [1.165, 1.54) is 51.4 Å². The summed E-state index contributed by atoms with van der Waals surface area (Å²) in [7, 11) is 0. The van der Waals surface area contributed by atoms with Gasteiger partial charge in [-0.25, -0.2) is 0 Å². The molecule has 0 aliphatic rings. The predicted molar refractivity (Wildman–Crippen MR) is 114 cm³/mol. The van der Waals surface area contributed by atoms with Gasteiger partial charge in [0, 0.05) is 24.4 Å². The van der Waals surface area contributed by atoms with E-state index in [2.05, 4.69) is 17.1 Å². The van der Waals surface area contributed by atoms with Gasteiger partial charge >= 0.3 is 5.97 Å². The van der Waals surface area contributed by atoms with Crippen LogP contribution in [-0.4, -0.2) is 17.6 Å². The molecule has 4 heteroatoms. The molecule has 1 aromatic heterocycles. The number of alkyl halides is 1. The van der Waals surface area contributed by atoms with E-state index in [0.717, 1.165) is 37.7 Å². The summed E-state index contributed by atoms with van der Waals surface area (Å²) in [5.41, 5.74) is 0.928. The van der Waals surface area contributed by atoms with Crippen LogP contribution in [0.4, 0.5) is 4.39 Å². The highest BCUT2D eigenvalue weighted by Crippen LogP contribution is 2.10. The molecule has 0 saturated carbocycles. The van der Waals surface area contributed by atoms with E-state index < -0.39 is 0 Å². The number of allylic oxidation sites excluding steroid dienone is 2. The van der Waals surface area contributed by atoms with Crippen molar-refractivity contribution >= 4 is 5.97 Å². The first-order valence-corrected chi connectivity index (χ1v) is 11.1. The number of carbonyl (C=O) groups excluding carboxylic acids is 1. The highest BCUT2D eigenvalue weighted by atomic mass is 19.1. The zero-order valence-electron chi connectivity index (χ0n) is 17.4. The Morgan fingerprint density at radius 2 is 1.50 bits per heavy atom. The van der Waals surface area contributed by atoms with Crippen LogP contribution >= 0.6 is 0 Å². The van der Waals surface area contributed by atoms with Crippen molar-refractivity contribution in [2.24, 2.45) is 0 Å². The number of nitrogens with zero attached hydrogens (tertiary/aromatic N) is 1. The van der Waals surface area contributed by atoms with Crippen LogP contribution in [0.2, 0.25) is 0 Å². The van der Waals surface area contributed by atoms with Crippen molar-refractivity contribution in [2.45, 2.75) is 96.5 Å². The average Bonchev–Trinajstić information content (AvgIpc) is 2.72. The highest BCUT2D eigenvalue weighted by molar-refractivity contribution is 5.69. The van der Waals surface area contributed by atoms with Crippen molar-refractivity contribution in [2.75, 3.05) is 6.67 Å². The van der Waals surface area contributed by atoms with Crippen LogP contribution in [0, 0.1) is 0 Å². The van der Waals surface area contributed by atoms with Gasteiger partial charge in [-0.15, -0.1) is 0 Å². The standard InChI is InChI=1S/C24H38FNO2/c25-19-15-13-11-9-7-5-3-1-2-4-6-8-10-12-14-18-24(27)28-22-23-17-16-20-26-21-23/h1-2,16-17,20-21H,3-15,18-19,22H2/b2-1-. The summed E-state index contributed by atoms with van der Waals surface area (Å²) in [5, 5.41) is 0. The normalized spacial score (nSPS) is 11.2. The SMILES string of the molecule is O=C(CCCCCCC/C=C\CCCCCCCCF)OCc1cccnc1. The molecule has 0 N–H and O–H groups in total. The molecule has 0 aliphatic carbocycles. The fourth-order valence-electron chi connectivity index (χ4n) is 3.08. The third-order valence-corrected chi connectivity index (χ3v) is 4.80. The summed E-state index contributed by atoms with van der Waals surface area (Å²) in [6.07, 6.45) is 23.2. The lowest BCUT2D eigenvalue weighted by Crippen LogP contribution is -2.04. The maximum atomic E-state index is 11.9. The summed E-state index contributed by atoms with van der Waals surface area (Å²) in [4.78, 5) is 15.7. The van der Waals surface area contributed by atoms with Crippen LogP contribution in [0.1, 0.15) is 95.5 Å². The molecule has 0 radical (unpaired) electrons. The van der Waals surface area contributed by atoms with E-state index >= 15 is 0 Å². The Bertz CT molecular complexity index is 505. The molecule has 158 valence electrons. The van der Waals surface area contributed by atoms with E-state index in [1.54, 1.807) is 12.4 Å². The Kier molecular flexibility index (Phi) is 16.2. The van der Waals surface area contributed by atoms with Gasteiger partial charge in [0.05, 0.1) is 6.67 Å². The quantitative estimate of drug-likeness (QED) is 0.152. The molecule has 0 atom stereocenters. The molecule has 0 aliphatic heterocycles. The lowest BCUT2D eigenvalue weighted by atomic mass is 10.1. The van der Waals surface area contributed by atoms with Gasteiger partial charge < -0.3 is 4.74 Å². The van der Waals surface area contributed by atoms with Crippen LogP contribution in [0.3, 0.4) is 0 Å². The number of ether oxygens (including phenoxy) is 1. The van der Waals surface area contributed by atoms with Crippen LogP contribution < -0.4 is 0 Å². The van der Waals surface area contributed by atoms with E-state index in [0.29, 0.717) is 13.0 Å². The molecular formula is C24H38FNO2. The number of esters is 1. The minimum atomic E-state index is -0.165. The third kappa shape index (κ3) is 15.4. The number of aromatic nitrogens is 1. The van der Waals surface area contributed by atoms with Gasteiger partial charge in [-0.2, -0.15) is 0 Å². The van der Waals surface area contributed by atoms with Gasteiger partial charge in [0.25, 0.3) is 0 Å². The lowest BCUT2D eigenvalue weighted by Gasteiger charge is -2.04. The van der Waals surface area contributed by atoms with E-state index in [1.807, 2.05) is 12.1 Å². The van der Waals surface area contributed by atoms with Crippen molar-refractivity contribution in [1.82, 2.24) is 4.98 Å². The number of pyridine rings is 1. The molecule has 1 rings (SSSR count). The fourth-order valence-corrected chi connectivity index (χ4v) is 3.08. The number of unbranched alkanes of at least 4 members (excludes halogenated alkanes) is 11. The van der Waals surface area contributed by atoms with Crippen LogP contribution in [-0.2, 0) is 16.1 Å². The van der Waals surface area contributed by atoms with Crippen molar-refractivity contribution in [3.63, 3.8) is 0 Å². The summed E-state index contributed by atoms with van der Waals surface area (Å²) >= 11 is 0. The van der Waals surface area contributed by atoms with Gasteiger partial charge in [-0.1, -0.05) is 63.2 Å². The number of hydrogen-bond donors (Lipinski definition) is 0. The molecule has 0 aromatic carbocycles. The molecule has 0 fully saturated rings. The van der Waals surface area contributed by atoms with Crippen molar-refractivity contribution < 1.29 is 13.9 Å². The van der Waals surface area contributed by atoms with Crippen LogP contribution in [0.15, 0.2) is 36.7 Å². The average molecular weight is 392 g/mol. The Labute approximate surface area is 170 Å². The second-order valence-electron chi connectivity index (χ2n) is 7.40. The molecule has 0 amide bonds. The topological polar surface area (TPSA) is 39.2 Å². The minimum absolute atomic E-state index is 0.116. The summed E-state index contributed by atoms with van der Waals surface area (Å²) in [6, 6.07) is 3.75. The molecular weight excluding hydrogens is 353 g/mol. The molecule has 0 bridgehead atoms. The second kappa shape index (κ2) is 18.6. The number of halogens is 1. The molecule has 0 saturated heterocycles. The van der Waals surface area contributed by atoms with E-state index in [4.69, 9.17) is 4.74 Å². The third-order valence-electron chi connectivity index (χ3n) is 4.80. The van der Waals surface area contributed by atoms with E-state index in [9.17, 15) is 9.18 Å². The molecule has 3 nitrogen and oxygen atoms in total. The Morgan fingerprint density at radius 1 is 0.893 bits per heavy atom. The molecule has 1 aromatic rings. The second-order valence-corrected chi connectivity index (χ2v) is 7.40. The molecule has 0 unspecified atom stereocenters. The molecule has 1 heterocycles. The minimum Gasteiger partial charge on any atom is -0.461 e. The number of rotatable bonds is 18. The zero-order valence-corrected chi connectivity index (χ0v) is 17.4. The predicted octanol–water partition coefficient (Wildman–Crippen LogP) is 7.11. The van der Waals surface area contributed by atoms with Crippen LogP contribution in [0.25, 0.3) is 0 Å². The van der Waals surface area contributed by atoms with Crippen LogP contribution in [0.5, 0.6) is 0 Å². The van der Waals surface area contributed by atoms with Gasteiger partial charge in [0.2, 0.25) is 0 Å². The number of carbonyl (C=O) groups is 1. The fraction of sp³-hybridized carbons (Fsp3) is 0.667. The molecule has 0 spiro atoms. The Balaban J connectivity index is 1.80. The first-order valence-electron chi connectivity index (χ1n) is 11.1. The number of hydrogen-bond acceptors (Lipinski definition) is 3. The van der Waals surface area contributed by atoms with Crippen molar-refractivity contribution in [3.8, 4) is 0 Å². The highest BCUT2D eigenvalue weighted by Gasteiger charge is 2.03. The van der Waals surface area contributed by atoms with Gasteiger partial charge in [-0.3, -0.25) is 14.2 Å². The van der Waals surface area contributed by atoms with E-state index in [-0.39, 0.29) is 12.6 Å². The van der Waals surface area contributed by atoms with Crippen molar-refractivity contribution in [1.29, 1.82) is 0 Å². The Morgan fingerprint density at radius 3 is 2.11 bits per heavy atom. The van der Waals surface area contributed by atoms with Gasteiger partial charge in [-0.05, 0) is 44.6 Å². The summed E-state index contributed by atoms with van der Waals surface area (Å²) in [5.74, 6) is -0.116. The summed E-state index contributed by atoms with van der Waals surface area (Å²) in [6.45, 7) is 0.153. The largest absolute Gasteiger partial charge is 0.461 e. The lowest BCUT2D eigenvalue weighted by molar-refractivity contribution is -0.145. The molecule has 28 heavy (non-hydrogen) atoms. The smallest absolute Gasteiger partial charge is 0.306 e. The van der Waals surface area contributed by atoms with Gasteiger partial charge in [0.15, 0.2) is 0 Å². The maximum Gasteiger partial charge on any atom is 0.306 e.